The van der Waals surface area contributed by atoms with Crippen molar-refractivity contribution in [3.8, 4) is 0 Å². The highest BCUT2D eigenvalue weighted by atomic mass is 16.2. The molecule has 1 aliphatic rings. The average Bonchev–Trinajstić information content (AvgIpc) is 2.36. The molecule has 1 saturated carbocycles. The topological polar surface area (TPSA) is 75.4 Å². The number of hydrogen-bond donors (Lipinski definition) is 2. The van der Waals surface area contributed by atoms with E-state index < -0.39 is 11.8 Å². The SMILES string of the molecule is CCC1CCC(N(C)C(=O)C(=O)NN)CC1. The minimum atomic E-state index is -0.736. The van der Waals surface area contributed by atoms with Crippen molar-refractivity contribution in [2.24, 2.45) is 11.8 Å². The van der Waals surface area contributed by atoms with E-state index in [-0.39, 0.29) is 6.04 Å². The monoisotopic (exact) mass is 227 g/mol. The van der Waals surface area contributed by atoms with Gasteiger partial charge in [-0.3, -0.25) is 15.0 Å². The molecule has 5 nitrogen and oxygen atoms in total. The molecule has 0 saturated heterocycles. The van der Waals surface area contributed by atoms with Crippen LogP contribution in [0, 0.1) is 5.92 Å². The van der Waals surface area contributed by atoms with Gasteiger partial charge < -0.3 is 4.90 Å². The third-order valence-electron chi connectivity index (χ3n) is 3.59. The first-order valence-corrected chi connectivity index (χ1v) is 5.87. The molecule has 1 rings (SSSR count). The van der Waals surface area contributed by atoms with E-state index in [1.54, 1.807) is 7.05 Å². The highest BCUT2D eigenvalue weighted by Gasteiger charge is 2.28. The number of nitrogens with two attached hydrogens (primary N) is 1. The van der Waals surface area contributed by atoms with Gasteiger partial charge in [0.15, 0.2) is 0 Å². The third-order valence-corrected chi connectivity index (χ3v) is 3.59. The number of hydrazine groups is 1. The van der Waals surface area contributed by atoms with Crippen LogP contribution in [0.3, 0.4) is 0 Å². The molecule has 1 aliphatic carbocycles. The molecule has 0 aliphatic heterocycles. The Morgan fingerprint density at radius 3 is 2.31 bits per heavy atom. The number of amides is 2. The summed E-state index contributed by atoms with van der Waals surface area (Å²) in [6.07, 6.45) is 5.46. The predicted octanol–water partition coefficient (Wildman–Crippen LogP) is 0.404. The van der Waals surface area contributed by atoms with Gasteiger partial charge in [-0.2, -0.15) is 0 Å². The van der Waals surface area contributed by atoms with E-state index in [0.717, 1.165) is 31.6 Å². The number of carbonyl (C=O) groups is 2. The lowest BCUT2D eigenvalue weighted by Crippen LogP contribution is -2.48. The number of carbonyl (C=O) groups excluding carboxylic acids is 2. The highest BCUT2D eigenvalue weighted by molar-refractivity contribution is 6.34. The first-order chi connectivity index (χ1) is 7.60. The Labute approximate surface area is 96.3 Å². The van der Waals surface area contributed by atoms with Crippen LogP contribution >= 0.6 is 0 Å². The van der Waals surface area contributed by atoms with Crippen molar-refractivity contribution in [2.45, 2.75) is 45.1 Å². The van der Waals surface area contributed by atoms with Gasteiger partial charge in [-0.15, -0.1) is 0 Å². The van der Waals surface area contributed by atoms with Crippen LogP contribution in [0.5, 0.6) is 0 Å². The Balaban J connectivity index is 2.47. The summed E-state index contributed by atoms with van der Waals surface area (Å²) in [5.74, 6) is 4.44. The lowest BCUT2D eigenvalue weighted by molar-refractivity contribution is -0.146. The lowest BCUT2D eigenvalue weighted by Gasteiger charge is -2.33. The maximum absolute atomic E-state index is 11.6. The Bertz CT molecular complexity index is 260. The second-order valence-corrected chi connectivity index (χ2v) is 4.47. The fourth-order valence-corrected chi connectivity index (χ4v) is 2.33. The number of nitrogens with one attached hydrogen (secondary N) is 1. The molecule has 0 heterocycles. The normalized spacial score (nSPS) is 24.9. The molecule has 92 valence electrons. The molecule has 0 unspecified atom stereocenters. The Hall–Kier alpha value is -1.10. The molecule has 3 N–H and O–H groups in total. The molecule has 2 amide bonds. The Kier molecular flexibility index (Phi) is 4.73. The van der Waals surface area contributed by atoms with Crippen LogP contribution in [0.25, 0.3) is 0 Å². The summed E-state index contributed by atoms with van der Waals surface area (Å²) < 4.78 is 0. The molecule has 0 aromatic heterocycles. The summed E-state index contributed by atoms with van der Waals surface area (Å²) in [4.78, 5) is 24.2. The van der Waals surface area contributed by atoms with E-state index in [2.05, 4.69) is 6.92 Å². The number of nitrogens with zero attached hydrogens (tertiary/aromatic N) is 1. The maximum atomic E-state index is 11.6. The maximum Gasteiger partial charge on any atom is 0.323 e. The minimum absolute atomic E-state index is 0.188. The summed E-state index contributed by atoms with van der Waals surface area (Å²) in [5, 5.41) is 0. The van der Waals surface area contributed by atoms with Crippen LogP contribution in [0.4, 0.5) is 0 Å². The molecule has 1 fully saturated rings. The molecule has 0 aromatic rings. The zero-order chi connectivity index (χ0) is 12.1. The molecular weight excluding hydrogens is 206 g/mol. The number of likely N-dealkylation sites (N-methyl/N-ethyl adjacent to an activating group) is 1. The van der Waals surface area contributed by atoms with Gasteiger partial charge in [0.1, 0.15) is 0 Å². The summed E-state index contributed by atoms with van der Waals surface area (Å²) in [6, 6.07) is 0.188. The first-order valence-electron chi connectivity index (χ1n) is 5.87. The molecule has 0 atom stereocenters. The molecule has 0 aromatic carbocycles. The third kappa shape index (κ3) is 2.95. The highest BCUT2D eigenvalue weighted by Crippen LogP contribution is 2.28. The van der Waals surface area contributed by atoms with E-state index in [1.165, 1.54) is 11.3 Å². The molecule has 5 heteroatoms. The largest absolute Gasteiger partial charge is 0.334 e. The van der Waals surface area contributed by atoms with Crippen molar-refractivity contribution in [1.82, 2.24) is 10.3 Å². The number of rotatable bonds is 2. The van der Waals surface area contributed by atoms with Gasteiger partial charge in [0.2, 0.25) is 0 Å². The molecule has 16 heavy (non-hydrogen) atoms. The zero-order valence-electron chi connectivity index (χ0n) is 10.0. The second kappa shape index (κ2) is 5.84. The van der Waals surface area contributed by atoms with Crippen LogP contribution in [-0.4, -0.2) is 29.8 Å². The number of hydrogen-bond acceptors (Lipinski definition) is 3. The van der Waals surface area contributed by atoms with Crippen molar-refractivity contribution in [1.29, 1.82) is 0 Å². The van der Waals surface area contributed by atoms with Crippen LogP contribution in [0.1, 0.15) is 39.0 Å². The molecule has 0 radical (unpaired) electrons. The summed E-state index contributed by atoms with van der Waals surface area (Å²) in [7, 11) is 1.68. The molecule has 0 bridgehead atoms. The molecular formula is C11H21N3O2. The van der Waals surface area contributed by atoms with Crippen LogP contribution in [0.2, 0.25) is 0 Å². The van der Waals surface area contributed by atoms with Gasteiger partial charge in [-0.25, -0.2) is 5.84 Å². The van der Waals surface area contributed by atoms with Gasteiger partial charge in [0, 0.05) is 13.1 Å². The van der Waals surface area contributed by atoms with Crippen molar-refractivity contribution >= 4 is 11.8 Å². The fraction of sp³-hybridized carbons (Fsp3) is 0.818. The fourth-order valence-electron chi connectivity index (χ4n) is 2.33. The quantitative estimate of drug-likeness (QED) is 0.310. The smallest absolute Gasteiger partial charge is 0.323 e. The van der Waals surface area contributed by atoms with Crippen LogP contribution < -0.4 is 11.3 Å². The average molecular weight is 227 g/mol. The van der Waals surface area contributed by atoms with Gasteiger partial charge >= 0.3 is 11.8 Å². The van der Waals surface area contributed by atoms with Crippen molar-refractivity contribution < 1.29 is 9.59 Å². The van der Waals surface area contributed by atoms with Gasteiger partial charge in [-0.1, -0.05) is 13.3 Å². The van der Waals surface area contributed by atoms with Gasteiger partial charge in [-0.05, 0) is 31.6 Å². The standard InChI is InChI=1S/C11H21N3O2/c1-3-8-4-6-9(7-5-8)14(2)11(16)10(15)13-12/h8-9H,3-7,12H2,1-2H3,(H,13,15). The minimum Gasteiger partial charge on any atom is -0.334 e. The van der Waals surface area contributed by atoms with Crippen LogP contribution in [0.15, 0.2) is 0 Å². The van der Waals surface area contributed by atoms with Crippen molar-refractivity contribution in [2.75, 3.05) is 7.05 Å². The summed E-state index contributed by atoms with van der Waals surface area (Å²) in [6.45, 7) is 2.20. The lowest BCUT2D eigenvalue weighted by atomic mass is 9.84. The van der Waals surface area contributed by atoms with E-state index in [0.29, 0.717) is 0 Å². The van der Waals surface area contributed by atoms with Crippen molar-refractivity contribution in [3.05, 3.63) is 0 Å². The van der Waals surface area contributed by atoms with Crippen molar-refractivity contribution in [3.63, 3.8) is 0 Å². The molecule has 0 spiro atoms. The van der Waals surface area contributed by atoms with E-state index in [9.17, 15) is 9.59 Å². The van der Waals surface area contributed by atoms with Gasteiger partial charge in [0.05, 0.1) is 0 Å². The second-order valence-electron chi connectivity index (χ2n) is 4.47. The first kappa shape index (κ1) is 13.0. The summed E-state index contributed by atoms with van der Waals surface area (Å²) >= 11 is 0. The van der Waals surface area contributed by atoms with E-state index >= 15 is 0 Å². The van der Waals surface area contributed by atoms with Gasteiger partial charge in [0.25, 0.3) is 0 Å². The van der Waals surface area contributed by atoms with E-state index in [4.69, 9.17) is 5.84 Å². The predicted molar refractivity (Wildman–Crippen MR) is 61.1 cm³/mol. The summed E-state index contributed by atoms with van der Waals surface area (Å²) in [5.41, 5.74) is 1.87. The zero-order valence-corrected chi connectivity index (χ0v) is 10.0. The van der Waals surface area contributed by atoms with Crippen LogP contribution in [-0.2, 0) is 9.59 Å². The Morgan fingerprint density at radius 2 is 1.88 bits per heavy atom. The van der Waals surface area contributed by atoms with E-state index in [1.807, 2.05) is 5.43 Å². The Morgan fingerprint density at radius 1 is 1.31 bits per heavy atom.